The molecule has 2 aromatic heterocycles. The topological polar surface area (TPSA) is 137 Å². The normalized spacial score (nSPS) is 20.5. The van der Waals surface area contributed by atoms with E-state index in [0.717, 1.165) is 63.6 Å². The third-order valence-electron chi connectivity index (χ3n) is 6.99. The van der Waals surface area contributed by atoms with E-state index in [4.69, 9.17) is 0 Å². The van der Waals surface area contributed by atoms with Gasteiger partial charge in [0.2, 0.25) is 23.7 Å². The van der Waals surface area contributed by atoms with Crippen LogP contribution in [-0.4, -0.2) is 88.1 Å². The van der Waals surface area contributed by atoms with E-state index in [1.54, 1.807) is 30.7 Å². The van der Waals surface area contributed by atoms with E-state index in [2.05, 4.69) is 57.0 Å². The molecule has 45 heavy (non-hydrogen) atoms. The van der Waals surface area contributed by atoms with Crippen LogP contribution in [-0.2, 0) is 9.59 Å². The first-order chi connectivity index (χ1) is 21.8. The molecule has 5 atom stereocenters. The number of aromatic nitrogens is 4. The van der Waals surface area contributed by atoms with Crippen LogP contribution in [0.25, 0.3) is 0 Å². The van der Waals surface area contributed by atoms with Crippen molar-refractivity contribution in [2.24, 2.45) is 0 Å². The maximum absolute atomic E-state index is 11.9. The summed E-state index contributed by atoms with van der Waals surface area (Å²) in [6, 6.07) is 4.72. The number of amides is 2. The third-order valence-corrected chi connectivity index (χ3v) is 6.99. The van der Waals surface area contributed by atoms with Crippen molar-refractivity contribution in [3.8, 4) is 0 Å². The summed E-state index contributed by atoms with van der Waals surface area (Å²) < 4.78 is 0. The number of nitrogens with one attached hydrogen (secondary N) is 4. The number of carbonyl (C=O) groups is 2. The zero-order chi connectivity index (χ0) is 33.5. The van der Waals surface area contributed by atoms with Crippen LogP contribution in [0.15, 0.2) is 55.5 Å². The van der Waals surface area contributed by atoms with Gasteiger partial charge in [-0.15, -0.1) is 9.24 Å². The molecule has 250 valence electrons. The van der Waals surface area contributed by atoms with Crippen LogP contribution in [0, 0.1) is 6.92 Å². The minimum absolute atomic E-state index is 0.0107. The first-order valence-electron chi connectivity index (χ1n) is 16.0. The van der Waals surface area contributed by atoms with Crippen molar-refractivity contribution < 1.29 is 9.59 Å². The van der Waals surface area contributed by atoms with Crippen LogP contribution >= 0.6 is 9.24 Å². The minimum atomic E-state index is -0.0996. The summed E-state index contributed by atoms with van der Waals surface area (Å²) in [5.41, 5.74) is 0.949. The van der Waals surface area contributed by atoms with Gasteiger partial charge in [-0.05, 0) is 90.6 Å². The monoisotopic (exact) mass is 641 g/mol. The van der Waals surface area contributed by atoms with Crippen molar-refractivity contribution in [1.82, 2.24) is 35.5 Å². The molecular formula is C33H56N9O2P. The van der Waals surface area contributed by atoms with Gasteiger partial charge in [-0.2, -0.15) is 0 Å². The minimum Gasteiger partial charge on any atom is -0.351 e. The summed E-state index contributed by atoms with van der Waals surface area (Å²) in [7, 11) is 6.37. The van der Waals surface area contributed by atoms with Crippen LogP contribution in [0.2, 0.25) is 0 Å². The fourth-order valence-electron chi connectivity index (χ4n) is 5.04. The van der Waals surface area contributed by atoms with Crippen LogP contribution in [0.1, 0.15) is 70.9 Å². The summed E-state index contributed by atoms with van der Waals surface area (Å²) in [5.74, 6) is 1.21. The molecule has 4 rings (SSSR count). The maximum Gasteiger partial charge on any atom is 0.243 e. The molecule has 2 fully saturated rings. The highest BCUT2D eigenvalue weighted by atomic mass is 31.0. The molecule has 0 aliphatic heterocycles. The van der Waals surface area contributed by atoms with E-state index in [9.17, 15) is 9.59 Å². The van der Waals surface area contributed by atoms with Gasteiger partial charge in [-0.1, -0.05) is 33.2 Å². The number of anilines is 2. The van der Waals surface area contributed by atoms with Gasteiger partial charge < -0.3 is 26.2 Å². The molecule has 5 unspecified atom stereocenters. The standard InChI is InChI=1S/C16H25N5O.C14H20N4O.C2H6.CH5P/c1-21(2)11-4-8-15(22)19-13-6-3-7-14(12-13)20-16-17-9-5-10-18-16;1-3-13(19)17-11-5-4-6-12(9-11)18-14-15-8-7-10(2)16-14;2*1-2/h4-5,8-10,13-14H,3,6-7,11-12H2,1-2H3,(H,19,22)(H,17,18,20);3,7-8,11-12H,1,4-6,9H2,2H3,(H,17,19)(H,15,16,18);1-2H3;2H2,1H3/b8-4+;;;. The number of carbonyl (C=O) groups excluding carboxylic acids is 2. The fraction of sp³-hybridized carbons (Fsp3) is 0.576. The quantitative estimate of drug-likeness (QED) is 0.214. The Balaban J connectivity index is 0.000000409. The van der Waals surface area contributed by atoms with Crippen LogP contribution in [0.3, 0.4) is 0 Å². The van der Waals surface area contributed by atoms with Crippen molar-refractivity contribution >= 4 is 33.0 Å². The molecule has 0 aromatic carbocycles. The highest BCUT2D eigenvalue weighted by molar-refractivity contribution is 7.15. The third kappa shape index (κ3) is 17.6. The molecule has 2 aliphatic carbocycles. The Kier molecular flexibility index (Phi) is 21.0. The van der Waals surface area contributed by atoms with E-state index in [1.807, 2.05) is 58.6 Å². The van der Waals surface area contributed by atoms with Crippen molar-refractivity contribution in [3.05, 3.63) is 61.2 Å². The van der Waals surface area contributed by atoms with E-state index in [0.29, 0.717) is 24.0 Å². The van der Waals surface area contributed by atoms with Crippen molar-refractivity contribution in [1.29, 1.82) is 0 Å². The van der Waals surface area contributed by atoms with E-state index in [1.165, 1.54) is 6.08 Å². The van der Waals surface area contributed by atoms with Gasteiger partial charge in [-0.3, -0.25) is 9.59 Å². The summed E-state index contributed by atoms with van der Waals surface area (Å²) >= 11 is 0. The zero-order valence-corrected chi connectivity index (χ0v) is 29.3. The molecule has 0 bridgehead atoms. The molecular weight excluding hydrogens is 585 g/mol. The summed E-state index contributed by atoms with van der Waals surface area (Å²) in [5, 5.41) is 12.7. The SMILES string of the molecule is C=CC(=O)NC1CCCC(Nc2nccc(C)n2)C1.CC.CN(C)C/C=C/C(=O)NC1CCCC(Nc2ncccn2)C1.CP. The first-order valence-corrected chi connectivity index (χ1v) is 17.2. The van der Waals surface area contributed by atoms with Gasteiger partial charge in [0, 0.05) is 61.1 Å². The summed E-state index contributed by atoms with van der Waals surface area (Å²) in [6.45, 7) is 12.1. The molecule has 2 amide bonds. The van der Waals surface area contributed by atoms with Gasteiger partial charge in [0.15, 0.2) is 0 Å². The Morgan fingerprint density at radius 1 is 0.867 bits per heavy atom. The molecule has 0 saturated heterocycles. The van der Waals surface area contributed by atoms with Gasteiger partial charge in [-0.25, -0.2) is 19.9 Å². The largest absolute Gasteiger partial charge is 0.351 e. The van der Waals surface area contributed by atoms with Gasteiger partial charge in [0.1, 0.15) is 0 Å². The second kappa shape index (κ2) is 23.9. The number of hydrogen-bond acceptors (Lipinski definition) is 9. The lowest BCUT2D eigenvalue weighted by Crippen LogP contribution is -2.41. The predicted molar refractivity (Wildman–Crippen MR) is 189 cm³/mol. The average molecular weight is 642 g/mol. The fourth-order valence-corrected chi connectivity index (χ4v) is 5.04. The summed E-state index contributed by atoms with van der Waals surface area (Å²) in [6.07, 6.45) is 18.2. The second-order valence-electron chi connectivity index (χ2n) is 10.9. The van der Waals surface area contributed by atoms with Gasteiger partial charge in [0.05, 0.1) is 0 Å². The molecule has 0 spiro atoms. The number of likely N-dealkylation sites (N-methyl/N-ethyl adjacent to an activating group) is 1. The van der Waals surface area contributed by atoms with Crippen LogP contribution in [0.5, 0.6) is 0 Å². The highest BCUT2D eigenvalue weighted by Crippen LogP contribution is 2.22. The zero-order valence-electron chi connectivity index (χ0n) is 28.1. The Bertz CT molecular complexity index is 1130. The van der Waals surface area contributed by atoms with Crippen molar-refractivity contribution in [2.75, 3.05) is 37.9 Å². The lowest BCUT2D eigenvalue weighted by molar-refractivity contribution is -0.118. The Morgan fingerprint density at radius 3 is 1.91 bits per heavy atom. The molecule has 0 radical (unpaired) electrons. The Morgan fingerprint density at radius 2 is 1.38 bits per heavy atom. The lowest BCUT2D eigenvalue weighted by atomic mass is 9.91. The van der Waals surface area contributed by atoms with Gasteiger partial charge >= 0.3 is 0 Å². The molecule has 2 aliphatic rings. The van der Waals surface area contributed by atoms with Crippen LogP contribution in [0.4, 0.5) is 11.9 Å². The van der Waals surface area contributed by atoms with Crippen LogP contribution < -0.4 is 21.3 Å². The van der Waals surface area contributed by atoms with E-state index >= 15 is 0 Å². The lowest BCUT2D eigenvalue weighted by Gasteiger charge is -2.30. The smallest absolute Gasteiger partial charge is 0.243 e. The van der Waals surface area contributed by atoms with Crippen molar-refractivity contribution in [3.63, 3.8) is 0 Å². The predicted octanol–water partition coefficient (Wildman–Crippen LogP) is 4.76. The molecule has 11 nitrogen and oxygen atoms in total. The summed E-state index contributed by atoms with van der Waals surface area (Å²) in [4.78, 5) is 42.2. The van der Waals surface area contributed by atoms with Crippen molar-refractivity contribution in [2.45, 2.75) is 96.3 Å². The molecule has 4 N–H and O–H groups in total. The Labute approximate surface area is 273 Å². The molecule has 2 heterocycles. The molecule has 2 saturated carbocycles. The second-order valence-corrected chi connectivity index (χ2v) is 10.9. The first kappa shape index (κ1) is 39.6. The molecule has 2 aromatic rings. The van der Waals surface area contributed by atoms with E-state index < -0.39 is 0 Å². The highest BCUT2D eigenvalue weighted by Gasteiger charge is 2.24. The van der Waals surface area contributed by atoms with Gasteiger partial charge in [0.25, 0.3) is 0 Å². The molecule has 12 heteroatoms. The number of rotatable bonds is 10. The maximum atomic E-state index is 11.9. The number of nitrogens with zero attached hydrogens (tertiary/aromatic N) is 5. The average Bonchev–Trinajstić information content (AvgIpc) is 3.04. The van der Waals surface area contributed by atoms with E-state index in [-0.39, 0.29) is 23.9 Å². The number of aryl methyl sites for hydroxylation is 1. The number of hydrogen-bond donors (Lipinski definition) is 4. The Hall–Kier alpha value is -3.43.